The van der Waals surface area contributed by atoms with Gasteiger partial charge in [0.15, 0.2) is 10.8 Å². The summed E-state index contributed by atoms with van der Waals surface area (Å²) in [5.74, 6) is -0.431. The number of methoxy groups -OCH3 is 1. The molecule has 7 heteroatoms. The van der Waals surface area contributed by atoms with Crippen LogP contribution in [0.3, 0.4) is 0 Å². The molecule has 0 bridgehead atoms. The number of anilines is 1. The number of rotatable bonds is 4. The second kappa shape index (κ2) is 6.07. The summed E-state index contributed by atoms with van der Waals surface area (Å²) in [4.78, 5) is 24.2. The summed E-state index contributed by atoms with van der Waals surface area (Å²) in [6.07, 6.45) is 3.41. The van der Waals surface area contributed by atoms with Crippen molar-refractivity contribution < 1.29 is 9.53 Å². The van der Waals surface area contributed by atoms with Crippen molar-refractivity contribution in [1.82, 2.24) is 15.0 Å². The van der Waals surface area contributed by atoms with Gasteiger partial charge in [0, 0.05) is 18.9 Å². The number of hydrogen-bond donors (Lipinski definition) is 1. The van der Waals surface area contributed by atoms with Crippen molar-refractivity contribution in [2.75, 3.05) is 12.4 Å². The lowest BCUT2D eigenvalue weighted by molar-refractivity contribution is 0.0594. The van der Waals surface area contributed by atoms with Crippen LogP contribution >= 0.6 is 11.3 Å². The third-order valence-corrected chi connectivity index (χ3v) is 4.18. The van der Waals surface area contributed by atoms with Crippen LogP contribution in [0, 0.1) is 6.92 Å². The van der Waals surface area contributed by atoms with Crippen LogP contribution in [0.15, 0.2) is 30.6 Å². The van der Waals surface area contributed by atoms with Crippen LogP contribution in [0.1, 0.15) is 21.6 Å². The number of esters is 1. The Bertz CT molecular complexity index is 798. The molecule has 0 aromatic carbocycles. The maximum absolute atomic E-state index is 11.4. The molecule has 0 unspecified atom stereocenters. The van der Waals surface area contributed by atoms with Gasteiger partial charge in [-0.2, -0.15) is 0 Å². The molecule has 3 aromatic heterocycles. The minimum atomic E-state index is -0.431. The van der Waals surface area contributed by atoms with Crippen molar-refractivity contribution in [3.05, 3.63) is 47.4 Å². The molecule has 22 heavy (non-hydrogen) atoms. The van der Waals surface area contributed by atoms with Gasteiger partial charge in [-0.1, -0.05) is 11.3 Å². The van der Waals surface area contributed by atoms with Crippen molar-refractivity contribution in [2.24, 2.45) is 0 Å². The molecule has 3 aromatic rings. The van der Waals surface area contributed by atoms with Crippen LogP contribution in [0.2, 0.25) is 0 Å². The van der Waals surface area contributed by atoms with Gasteiger partial charge >= 0.3 is 5.97 Å². The highest BCUT2D eigenvalue weighted by Crippen LogP contribution is 2.24. The lowest BCUT2D eigenvalue weighted by Gasteiger charge is -2.07. The summed E-state index contributed by atoms with van der Waals surface area (Å²) in [6, 6.07) is 5.61. The Morgan fingerprint density at radius 2 is 2.27 bits per heavy atom. The van der Waals surface area contributed by atoms with Gasteiger partial charge < -0.3 is 10.1 Å². The molecular formula is C15H14N4O2S. The standard InChI is InChI=1S/C15H14N4O2S/c1-9-6-11(14(20)21-2)17-7-10(9)8-18-15-19-13-12(22-15)4-3-5-16-13/h3-7H,8H2,1-2H3,(H,16,18,19). The second-order valence-corrected chi connectivity index (χ2v) is 5.72. The Hall–Kier alpha value is -2.54. The predicted octanol–water partition coefficient (Wildman–Crippen LogP) is 2.79. The maximum atomic E-state index is 11.4. The fourth-order valence-electron chi connectivity index (χ4n) is 2.00. The fraction of sp³-hybridized carbons (Fsp3) is 0.200. The van der Waals surface area contributed by atoms with Gasteiger partial charge in [-0.15, -0.1) is 0 Å². The molecule has 112 valence electrons. The van der Waals surface area contributed by atoms with E-state index in [1.807, 2.05) is 19.1 Å². The first kappa shape index (κ1) is 14.4. The number of pyridine rings is 2. The number of ether oxygens (including phenoxy) is 1. The summed E-state index contributed by atoms with van der Waals surface area (Å²) < 4.78 is 5.70. The third-order valence-electron chi connectivity index (χ3n) is 3.21. The number of nitrogens with one attached hydrogen (secondary N) is 1. The third kappa shape index (κ3) is 2.89. The van der Waals surface area contributed by atoms with E-state index in [0.717, 1.165) is 26.6 Å². The van der Waals surface area contributed by atoms with Crippen LogP contribution in [-0.2, 0) is 11.3 Å². The molecular weight excluding hydrogens is 300 g/mol. The average Bonchev–Trinajstić information content (AvgIpc) is 2.95. The summed E-state index contributed by atoms with van der Waals surface area (Å²) in [5.41, 5.74) is 3.03. The van der Waals surface area contributed by atoms with E-state index >= 15 is 0 Å². The van der Waals surface area contributed by atoms with E-state index in [0.29, 0.717) is 12.2 Å². The molecule has 0 aliphatic carbocycles. The molecule has 6 nitrogen and oxygen atoms in total. The molecule has 1 N–H and O–H groups in total. The minimum Gasteiger partial charge on any atom is -0.464 e. The normalized spacial score (nSPS) is 10.6. The summed E-state index contributed by atoms with van der Waals surface area (Å²) >= 11 is 1.55. The number of carbonyl (C=O) groups excluding carboxylic acids is 1. The number of thiazole rings is 1. The van der Waals surface area contributed by atoms with Gasteiger partial charge in [0.2, 0.25) is 0 Å². The lowest BCUT2D eigenvalue weighted by Crippen LogP contribution is -2.07. The van der Waals surface area contributed by atoms with E-state index in [1.165, 1.54) is 7.11 Å². The molecule has 3 rings (SSSR count). The van der Waals surface area contributed by atoms with Crippen molar-refractivity contribution in [2.45, 2.75) is 13.5 Å². The summed E-state index contributed by atoms with van der Waals surface area (Å²) in [7, 11) is 1.34. The van der Waals surface area contributed by atoms with Gasteiger partial charge in [0.1, 0.15) is 5.69 Å². The highest BCUT2D eigenvalue weighted by Gasteiger charge is 2.10. The molecule has 0 saturated carbocycles. The molecule has 0 spiro atoms. The van der Waals surface area contributed by atoms with E-state index in [4.69, 9.17) is 0 Å². The Balaban J connectivity index is 1.74. The number of nitrogens with zero attached hydrogens (tertiary/aromatic N) is 3. The zero-order valence-electron chi connectivity index (χ0n) is 12.2. The molecule has 0 aliphatic rings. The second-order valence-electron chi connectivity index (χ2n) is 4.69. The van der Waals surface area contributed by atoms with E-state index in [9.17, 15) is 4.79 Å². The van der Waals surface area contributed by atoms with Crippen molar-refractivity contribution >= 4 is 32.8 Å². The van der Waals surface area contributed by atoms with E-state index in [1.54, 1.807) is 29.8 Å². The zero-order valence-corrected chi connectivity index (χ0v) is 13.0. The smallest absolute Gasteiger partial charge is 0.356 e. The van der Waals surface area contributed by atoms with E-state index in [-0.39, 0.29) is 0 Å². The first-order valence-electron chi connectivity index (χ1n) is 6.66. The molecule has 0 atom stereocenters. The van der Waals surface area contributed by atoms with Crippen LogP contribution in [0.25, 0.3) is 10.3 Å². The lowest BCUT2D eigenvalue weighted by atomic mass is 10.1. The van der Waals surface area contributed by atoms with Gasteiger partial charge in [-0.3, -0.25) is 0 Å². The topological polar surface area (TPSA) is 77.0 Å². The highest BCUT2D eigenvalue weighted by molar-refractivity contribution is 7.22. The molecule has 0 fully saturated rings. The van der Waals surface area contributed by atoms with Crippen LogP contribution in [0.4, 0.5) is 5.13 Å². The molecule has 0 amide bonds. The Morgan fingerprint density at radius 3 is 3.00 bits per heavy atom. The Morgan fingerprint density at radius 1 is 1.41 bits per heavy atom. The number of aromatic nitrogens is 3. The number of carbonyl (C=O) groups is 1. The molecule has 0 radical (unpaired) electrons. The van der Waals surface area contributed by atoms with Crippen LogP contribution in [-0.4, -0.2) is 28.0 Å². The van der Waals surface area contributed by atoms with Crippen molar-refractivity contribution in [1.29, 1.82) is 0 Å². The Labute approximate surface area is 131 Å². The predicted molar refractivity (Wildman–Crippen MR) is 85.1 cm³/mol. The molecule has 0 aliphatic heterocycles. The van der Waals surface area contributed by atoms with Crippen molar-refractivity contribution in [3.63, 3.8) is 0 Å². The van der Waals surface area contributed by atoms with Crippen LogP contribution in [0.5, 0.6) is 0 Å². The van der Waals surface area contributed by atoms with Gasteiger partial charge in [0.25, 0.3) is 0 Å². The van der Waals surface area contributed by atoms with Crippen molar-refractivity contribution in [3.8, 4) is 0 Å². The fourth-order valence-corrected chi connectivity index (χ4v) is 2.82. The summed E-state index contributed by atoms with van der Waals surface area (Å²) in [6.45, 7) is 2.52. The summed E-state index contributed by atoms with van der Waals surface area (Å²) in [5, 5.41) is 4.08. The van der Waals surface area contributed by atoms with Gasteiger partial charge in [-0.05, 0) is 36.2 Å². The number of fused-ring (bicyclic) bond motifs is 1. The highest BCUT2D eigenvalue weighted by atomic mass is 32.1. The maximum Gasteiger partial charge on any atom is 0.356 e. The Kier molecular flexibility index (Phi) is 3.97. The monoisotopic (exact) mass is 314 g/mol. The number of hydrogen-bond acceptors (Lipinski definition) is 7. The molecule has 3 heterocycles. The van der Waals surface area contributed by atoms with Gasteiger partial charge in [0.05, 0.1) is 11.8 Å². The minimum absolute atomic E-state index is 0.313. The zero-order chi connectivity index (χ0) is 15.5. The number of aryl methyl sites for hydroxylation is 1. The quantitative estimate of drug-likeness (QED) is 0.746. The largest absolute Gasteiger partial charge is 0.464 e. The first-order chi connectivity index (χ1) is 10.7. The van der Waals surface area contributed by atoms with E-state index < -0.39 is 5.97 Å². The van der Waals surface area contributed by atoms with Crippen LogP contribution < -0.4 is 5.32 Å². The first-order valence-corrected chi connectivity index (χ1v) is 7.48. The SMILES string of the molecule is COC(=O)c1cc(C)c(CNc2nc3ncccc3s2)cn1. The van der Waals surface area contributed by atoms with E-state index in [2.05, 4.69) is 25.0 Å². The van der Waals surface area contributed by atoms with Gasteiger partial charge in [-0.25, -0.2) is 19.7 Å². The average molecular weight is 314 g/mol. The molecule has 0 saturated heterocycles.